The van der Waals surface area contributed by atoms with Crippen LogP contribution in [0.3, 0.4) is 0 Å². The second-order valence-corrected chi connectivity index (χ2v) is 6.05. The molecule has 0 spiro atoms. The van der Waals surface area contributed by atoms with E-state index in [9.17, 15) is 4.79 Å². The highest BCUT2D eigenvalue weighted by molar-refractivity contribution is 5.93. The van der Waals surface area contributed by atoms with Gasteiger partial charge in [-0.05, 0) is 25.5 Å². The third-order valence-corrected chi connectivity index (χ3v) is 4.81. The van der Waals surface area contributed by atoms with Gasteiger partial charge in [0.05, 0.1) is 30.6 Å². The predicted molar refractivity (Wildman–Crippen MR) is 78.3 cm³/mol. The van der Waals surface area contributed by atoms with Crippen molar-refractivity contribution in [2.24, 2.45) is 7.05 Å². The number of nitrogens with zero attached hydrogens (tertiary/aromatic N) is 5. The smallest absolute Gasteiger partial charge is 0.270 e. The van der Waals surface area contributed by atoms with Gasteiger partial charge >= 0.3 is 0 Å². The number of amides is 1. The SMILES string of the molecule is Cc1ccc(C(=O)N2CCC3OCc4cnnn4C3C2)n1C. The number of ether oxygens (including phenoxy) is 1. The number of carbonyl (C=O) groups is 1. The number of likely N-dealkylation sites (tertiary alicyclic amines) is 1. The molecule has 0 aliphatic carbocycles. The lowest BCUT2D eigenvalue weighted by Crippen LogP contribution is -2.50. The van der Waals surface area contributed by atoms with Crippen molar-refractivity contribution in [3.63, 3.8) is 0 Å². The number of hydrogen-bond donors (Lipinski definition) is 0. The summed E-state index contributed by atoms with van der Waals surface area (Å²) in [5.74, 6) is 0.0706. The Hall–Kier alpha value is -2.15. The molecule has 116 valence electrons. The molecule has 0 aromatic carbocycles. The third kappa shape index (κ3) is 1.96. The zero-order chi connectivity index (χ0) is 15.3. The van der Waals surface area contributed by atoms with E-state index in [1.165, 1.54) is 0 Å². The van der Waals surface area contributed by atoms with E-state index in [0.29, 0.717) is 19.7 Å². The molecule has 2 aliphatic heterocycles. The van der Waals surface area contributed by atoms with Crippen LogP contribution in [-0.4, -0.2) is 49.6 Å². The number of aromatic nitrogens is 4. The minimum absolute atomic E-state index is 0.0605. The Morgan fingerprint density at radius 3 is 3.05 bits per heavy atom. The number of aryl methyl sites for hydroxylation is 1. The topological polar surface area (TPSA) is 65.2 Å². The van der Waals surface area contributed by atoms with Crippen LogP contribution in [0.2, 0.25) is 0 Å². The first kappa shape index (κ1) is 13.5. The normalized spacial score (nSPS) is 24.0. The van der Waals surface area contributed by atoms with Crippen LogP contribution < -0.4 is 0 Å². The molecule has 2 unspecified atom stereocenters. The van der Waals surface area contributed by atoms with Gasteiger partial charge < -0.3 is 14.2 Å². The Kier molecular flexibility index (Phi) is 3.04. The molecular formula is C15H19N5O2. The van der Waals surface area contributed by atoms with E-state index in [2.05, 4.69) is 10.3 Å². The van der Waals surface area contributed by atoms with Crippen LogP contribution in [0, 0.1) is 6.92 Å². The molecule has 2 aliphatic rings. The standard InChI is InChI=1S/C15H19N5O2/c1-10-3-4-12(18(10)2)15(21)19-6-5-14-13(8-19)20-11(9-22-14)7-16-17-20/h3-4,7,13-14H,5-6,8-9H2,1-2H3. The van der Waals surface area contributed by atoms with Gasteiger partial charge in [-0.2, -0.15) is 0 Å². The fraction of sp³-hybridized carbons (Fsp3) is 0.533. The summed E-state index contributed by atoms with van der Waals surface area (Å²) in [4.78, 5) is 14.7. The third-order valence-electron chi connectivity index (χ3n) is 4.81. The van der Waals surface area contributed by atoms with Gasteiger partial charge in [-0.25, -0.2) is 4.68 Å². The summed E-state index contributed by atoms with van der Waals surface area (Å²) in [6.45, 7) is 3.89. The van der Waals surface area contributed by atoms with E-state index in [0.717, 1.165) is 23.5 Å². The van der Waals surface area contributed by atoms with E-state index in [1.807, 2.05) is 40.3 Å². The average molecular weight is 301 g/mol. The molecule has 0 radical (unpaired) electrons. The van der Waals surface area contributed by atoms with Crippen LogP contribution in [0.1, 0.15) is 34.3 Å². The molecular weight excluding hydrogens is 282 g/mol. The summed E-state index contributed by atoms with van der Waals surface area (Å²) in [6.07, 6.45) is 2.69. The molecule has 7 heteroatoms. The molecule has 0 N–H and O–H groups in total. The second-order valence-electron chi connectivity index (χ2n) is 6.05. The van der Waals surface area contributed by atoms with E-state index in [1.54, 1.807) is 6.20 Å². The van der Waals surface area contributed by atoms with Crippen molar-refractivity contribution in [2.75, 3.05) is 13.1 Å². The number of piperidine rings is 1. The largest absolute Gasteiger partial charge is 0.370 e. The van der Waals surface area contributed by atoms with Crippen LogP contribution in [0.25, 0.3) is 0 Å². The summed E-state index contributed by atoms with van der Waals surface area (Å²) in [6, 6.07) is 3.92. The van der Waals surface area contributed by atoms with Crippen molar-refractivity contribution < 1.29 is 9.53 Å². The van der Waals surface area contributed by atoms with Crippen molar-refractivity contribution in [3.05, 3.63) is 35.4 Å². The van der Waals surface area contributed by atoms with Gasteiger partial charge in [-0.3, -0.25) is 4.79 Å². The van der Waals surface area contributed by atoms with Crippen LogP contribution in [0.15, 0.2) is 18.3 Å². The Morgan fingerprint density at radius 1 is 1.41 bits per heavy atom. The highest BCUT2D eigenvalue weighted by atomic mass is 16.5. The van der Waals surface area contributed by atoms with Gasteiger partial charge in [0, 0.05) is 25.8 Å². The van der Waals surface area contributed by atoms with E-state index in [-0.39, 0.29) is 18.1 Å². The minimum atomic E-state index is 0.0605. The molecule has 2 atom stereocenters. The summed E-state index contributed by atoms with van der Waals surface area (Å²) >= 11 is 0. The molecule has 22 heavy (non-hydrogen) atoms. The maximum atomic E-state index is 12.8. The van der Waals surface area contributed by atoms with E-state index < -0.39 is 0 Å². The molecule has 4 heterocycles. The lowest BCUT2D eigenvalue weighted by molar-refractivity contribution is -0.0606. The highest BCUT2D eigenvalue weighted by Crippen LogP contribution is 2.30. The quantitative estimate of drug-likeness (QED) is 0.785. The van der Waals surface area contributed by atoms with Crippen molar-refractivity contribution in [1.82, 2.24) is 24.5 Å². The Labute approximate surface area is 128 Å². The maximum absolute atomic E-state index is 12.8. The first-order chi connectivity index (χ1) is 10.6. The van der Waals surface area contributed by atoms with Crippen LogP contribution in [0.4, 0.5) is 0 Å². The Balaban J connectivity index is 1.59. The van der Waals surface area contributed by atoms with Gasteiger partial charge in [-0.1, -0.05) is 5.21 Å². The molecule has 1 amide bonds. The Bertz CT molecular complexity index is 719. The predicted octanol–water partition coefficient (Wildman–Crippen LogP) is 0.911. The summed E-state index contributed by atoms with van der Waals surface area (Å²) < 4.78 is 9.74. The van der Waals surface area contributed by atoms with Crippen molar-refractivity contribution in [1.29, 1.82) is 0 Å². The number of carbonyl (C=O) groups excluding carboxylic acids is 1. The molecule has 4 rings (SSSR count). The number of fused-ring (bicyclic) bond motifs is 3. The maximum Gasteiger partial charge on any atom is 0.270 e. The minimum Gasteiger partial charge on any atom is -0.370 e. The van der Waals surface area contributed by atoms with E-state index >= 15 is 0 Å². The van der Waals surface area contributed by atoms with Crippen molar-refractivity contribution in [3.8, 4) is 0 Å². The molecule has 1 saturated heterocycles. The highest BCUT2D eigenvalue weighted by Gasteiger charge is 2.38. The van der Waals surface area contributed by atoms with Gasteiger partial charge in [0.15, 0.2) is 0 Å². The van der Waals surface area contributed by atoms with Gasteiger partial charge in [0.2, 0.25) is 0 Å². The van der Waals surface area contributed by atoms with Crippen molar-refractivity contribution >= 4 is 5.91 Å². The molecule has 7 nitrogen and oxygen atoms in total. The number of hydrogen-bond acceptors (Lipinski definition) is 4. The van der Waals surface area contributed by atoms with Gasteiger partial charge in [0.1, 0.15) is 5.69 Å². The lowest BCUT2D eigenvalue weighted by Gasteiger charge is -2.41. The lowest BCUT2D eigenvalue weighted by atomic mass is 10.00. The average Bonchev–Trinajstić information content (AvgIpc) is 3.14. The molecule has 2 aromatic heterocycles. The van der Waals surface area contributed by atoms with Gasteiger partial charge in [0.25, 0.3) is 5.91 Å². The first-order valence-corrected chi connectivity index (χ1v) is 7.57. The number of rotatable bonds is 1. The molecule has 1 fully saturated rings. The summed E-state index contributed by atoms with van der Waals surface area (Å²) in [5, 5.41) is 8.14. The van der Waals surface area contributed by atoms with Gasteiger partial charge in [-0.15, -0.1) is 5.10 Å². The zero-order valence-electron chi connectivity index (χ0n) is 12.8. The zero-order valence-corrected chi connectivity index (χ0v) is 12.8. The van der Waals surface area contributed by atoms with Crippen LogP contribution in [0.5, 0.6) is 0 Å². The fourth-order valence-electron chi connectivity index (χ4n) is 3.35. The molecule has 0 bridgehead atoms. The van der Waals surface area contributed by atoms with Crippen LogP contribution >= 0.6 is 0 Å². The van der Waals surface area contributed by atoms with Crippen LogP contribution in [-0.2, 0) is 18.4 Å². The second kappa shape index (κ2) is 4.95. The summed E-state index contributed by atoms with van der Waals surface area (Å²) in [7, 11) is 1.93. The molecule has 0 saturated carbocycles. The fourth-order valence-corrected chi connectivity index (χ4v) is 3.35. The monoisotopic (exact) mass is 301 g/mol. The first-order valence-electron chi connectivity index (χ1n) is 7.57. The van der Waals surface area contributed by atoms with E-state index in [4.69, 9.17) is 4.74 Å². The van der Waals surface area contributed by atoms with Crippen molar-refractivity contribution in [2.45, 2.75) is 32.1 Å². The Morgan fingerprint density at radius 2 is 2.27 bits per heavy atom. The summed E-state index contributed by atoms with van der Waals surface area (Å²) in [5.41, 5.74) is 2.79. The molecule has 2 aromatic rings.